The number of fused-ring (bicyclic) bond motifs is 2. The number of nitrogens with zero attached hydrogens (tertiary/aromatic N) is 8. The number of carboxylic acid groups (broad SMARTS) is 1. The number of halogens is 2. The van der Waals surface area contributed by atoms with Crippen molar-refractivity contribution in [3.8, 4) is 45.3 Å². The van der Waals surface area contributed by atoms with Crippen molar-refractivity contribution in [2.45, 2.75) is 83.7 Å². The lowest BCUT2D eigenvalue weighted by atomic mass is 9.86. The lowest BCUT2D eigenvalue weighted by Crippen LogP contribution is -2.31. The van der Waals surface area contributed by atoms with Gasteiger partial charge in [-0.15, -0.1) is 0 Å². The number of hydrogen-bond acceptors (Lipinski definition) is 14. The molecule has 7 N–H and O–H groups in total. The zero-order valence-corrected chi connectivity index (χ0v) is 50.4. The molecule has 93 heavy (non-hydrogen) atoms. The van der Waals surface area contributed by atoms with E-state index in [1.807, 2.05) is 36.4 Å². The van der Waals surface area contributed by atoms with Crippen molar-refractivity contribution >= 4 is 45.6 Å². The third kappa shape index (κ3) is 12.6. The molecule has 476 valence electrons. The molecule has 16 rings (SSSR count). The summed E-state index contributed by atoms with van der Waals surface area (Å²) in [6, 6.07) is 31.5. The van der Waals surface area contributed by atoms with Crippen molar-refractivity contribution in [1.82, 2.24) is 49.7 Å². The number of carboxylic acids is 1. The van der Waals surface area contributed by atoms with Gasteiger partial charge in [-0.05, 0) is 195 Å². The van der Waals surface area contributed by atoms with Crippen LogP contribution in [0.4, 0.5) is 20.4 Å². The number of benzene rings is 6. The number of anilines is 2. The first-order valence-corrected chi connectivity index (χ1v) is 31.4. The topological polar surface area (TPSA) is 261 Å². The van der Waals surface area contributed by atoms with E-state index in [2.05, 4.69) is 71.6 Å². The molecule has 0 radical (unpaired) electrons. The highest BCUT2D eigenvalue weighted by molar-refractivity contribution is 5.94. The van der Waals surface area contributed by atoms with Gasteiger partial charge >= 0.3 is 17.3 Å². The average molecular weight is 1260 g/mol. The lowest BCUT2D eigenvalue weighted by molar-refractivity contribution is 0.0696. The van der Waals surface area contributed by atoms with E-state index in [0.717, 1.165) is 161 Å². The van der Waals surface area contributed by atoms with Gasteiger partial charge < -0.3 is 50.0 Å². The number of aromatic carboxylic acids is 1. The van der Waals surface area contributed by atoms with Crippen LogP contribution in [-0.2, 0) is 13.1 Å². The molecular formula is C71H71F2N13O7. The molecule has 8 heterocycles. The maximum absolute atomic E-state index is 14.7. The first-order chi connectivity index (χ1) is 44.6. The molecule has 2 unspecified atom stereocenters. The van der Waals surface area contributed by atoms with Crippen molar-refractivity contribution in [3.63, 3.8) is 0 Å². The fourth-order valence-corrected chi connectivity index (χ4v) is 14.5. The largest absolute Gasteiger partial charge is 0.478 e. The number of hydrogen-bond donors (Lipinski definition) is 6. The second kappa shape index (κ2) is 24.5. The van der Waals surface area contributed by atoms with Gasteiger partial charge in [0.2, 0.25) is 5.91 Å². The minimum absolute atomic E-state index is 0. The molecule has 2 aliphatic carbocycles. The van der Waals surface area contributed by atoms with Crippen LogP contribution < -0.4 is 36.4 Å². The summed E-state index contributed by atoms with van der Waals surface area (Å²) in [6.07, 6.45) is 14.6. The smallest absolute Gasteiger partial charge is 0.335 e. The Hall–Kier alpha value is -10.1. The molecule has 2 atom stereocenters. The quantitative estimate of drug-likeness (QED) is 0.0525. The average Bonchev–Trinajstić information content (AvgIpc) is 1.77. The number of nitrogens with two attached hydrogens (primary N) is 1. The second-order valence-electron chi connectivity index (χ2n) is 25.9. The van der Waals surface area contributed by atoms with Crippen molar-refractivity contribution in [1.29, 1.82) is 0 Å². The zero-order chi connectivity index (χ0) is 62.8. The summed E-state index contributed by atoms with van der Waals surface area (Å²) in [6.45, 7) is 8.91. The molecule has 0 bridgehead atoms. The van der Waals surface area contributed by atoms with Crippen molar-refractivity contribution in [2.75, 3.05) is 62.2 Å². The third-order valence-electron chi connectivity index (χ3n) is 19.4. The van der Waals surface area contributed by atoms with E-state index in [1.54, 1.807) is 48.8 Å². The van der Waals surface area contributed by atoms with Crippen LogP contribution in [0.25, 0.3) is 44.3 Å². The monoisotopic (exact) mass is 1260 g/mol. The Morgan fingerprint density at radius 1 is 0.527 bits per heavy atom. The zero-order valence-electron chi connectivity index (χ0n) is 50.4. The molecule has 6 fully saturated rings. The number of ether oxygens (including phenoxy) is 2. The second-order valence-corrected chi connectivity index (χ2v) is 25.9. The Balaban J connectivity index is 0.000000159. The summed E-state index contributed by atoms with van der Waals surface area (Å²) in [5, 5.41) is 9.58. The SMILES string of the molecule is C.NC(=O)c1ccc(-c2cc(F)ccc2Oc2cncnc2N2CCC3(CCN(Cc4ccc5[nH]c(=O)[nH]c5c4)C3)C2)c(C2CC2)c1.O=C(O)c1ccc(-c2cc(F)ccc2Oc2cncnc2N2CCC3(CCN(Cc4ccc5[nH]c(=O)[nH]c5c4)C3)C2)c(C2CC2)c1. The molecule has 22 heteroatoms. The van der Waals surface area contributed by atoms with Gasteiger partial charge in [0.1, 0.15) is 35.8 Å². The Kier molecular flexibility index (Phi) is 16.0. The third-order valence-corrected chi connectivity index (χ3v) is 19.4. The van der Waals surface area contributed by atoms with Gasteiger partial charge in [0.25, 0.3) is 0 Å². The number of amides is 1. The van der Waals surface area contributed by atoms with Crippen LogP contribution in [0.2, 0.25) is 0 Å². The van der Waals surface area contributed by atoms with Crippen LogP contribution in [0.15, 0.2) is 144 Å². The highest BCUT2D eigenvalue weighted by atomic mass is 19.1. The number of aromatic nitrogens is 8. The Morgan fingerprint density at radius 2 is 0.968 bits per heavy atom. The Bertz CT molecular complexity index is 4370. The molecule has 4 aromatic heterocycles. The van der Waals surface area contributed by atoms with Crippen molar-refractivity contribution in [2.24, 2.45) is 16.6 Å². The van der Waals surface area contributed by atoms with E-state index in [4.69, 9.17) is 15.2 Å². The first-order valence-electron chi connectivity index (χ1n) is 31.4. The van der Waals surface area contributed by atoms with Crippen LogP contribution in [0, 0.1) is 22.5 Å². The summed E-state index contributed by atoms with van der Waals surface area (Å²) in [4.78, 5) is 85.6. The number of carbonyl (C=O) groups is 2. The number of H-pyrrole nitrogens is 4. The molecular weight excluding hydrogens is 1180 g/mol. The van der Waals surface area contributed by atoms with Gasteiger partial charge in [-0.25, -0.2) is 43.1 Å². The van der Waals surface area contributed by atoms with Crippen molar-refractivity contribution < 1.29 is 33.0 Å². The van der Waals surface area contributed by atoms with E-state index in [1.165, 1.54) is 48.0 Å². The van der Waals surface area contributed by atoms with E-state index < -0.39 is 17.7 Å². The summed E-state index contributed by atoms with van der Waals surface area (Å²) < 4.78 is 42.4. The molecule has 20 nitrogen and oxygen atoms in total. The molecule has 6 aliphatic rings. The number of aromatic amines is 4. The van der Waals surface area contributed by atoms with Gasteiger partial charge in [0.05, 0.1) is 40.0 Å². The molecule has 4 saturated heterocycles. The number of nitrogens with one attached hydrogen (secondary N) is 4. The van der Waals surface area contributed by atoms with E-state index in [0.29, 0.717) is 57.2 Å². The maximum Gasteiger partial charge on any atom is 0.335 e. The van der Waals surface area contributed by atoms with Crippen LogP contribution in [-0.4, -0.2) is 119 Å². The fourth-order valence-electron chi connectivity index (χ4n) is 14.5. The predicted octanol–water partition coefficient (Wildman–Crippen LogP) is 11.9. The Morgan fingerprint density at radius 3 is 1.42 bits per heavy atom. The standard InChI is InChI=1S/C35H34FN7O3.C35H33FN6O4.CH4/c36-24-5-8-30(27(15-24)25-6-4-23(32(37)44)14-26(25)22-2-3-22)46-31-16-38-20-39-33(31)43-12-10-35(19-43)9-11-42(18-35)17-21-1-7-28-29(13-21)41-34(45)40-28;36-24-5-8-30(27(15-24)25-6-4-23(33(43)44)14-26(25)22-2-3-22)46-31-16-37-20-38-32(31)42-12-10-35(19-42)9-11-41(18-35)17-21-1-7-28-29(13-21)40-34(45)39-28;/h1,4-8,13-16,20,22H,2-3,9-12,17-19H2,(H2,37,44)(H2,40,41,45);1,4-8,13-16,20,22H,2-3,9-12,17-19H2,(H,43,44)(H2,39,40,45);1H4. The fraction of sp³-hybridized carbons (Fsp3) is 0.324. The van der Waals surface area contributed by atoms with Gasteiger partial charge in [0, 0.05) is 79.9 Å². The number of primary amides is 1. The minimum atomic E-state index is -0.986. The van der Waals surface area contributed by atoms with Crippen LogP contribution in [0.5, 0.6) is 23.0 Å². The minimum Gasteiger partial charge on any atom is -0.478 e. The number of carbonyl (C=O) groups excluding carboxylic acids is 1. The molecule has 10 aromatic rings. The van der Waals surface area contributed by atoms with Gasteiger partial charge in [-0.1, -0.05) is 31.7 Å². The summed E-state index contributed by atoms with van der Waals surface area (Å²) in [5.41, 5.74) is 16.4. The number of imidazole rings is 2. The predicted molar refractivity (Wildman–Crippen MR) is 350 cm³/mol. The lowest BCUT2D eigenvalue weighted by Gasteiger charge is -2.26. The van der Waals surface area contributed by atoms with Crippen LogP contribution in [0.3, 0.4) is 0 Å². The first kappa shape index (κ1) is 60.5. The van der Waals surface area contributed by atoms with E-state index >= 15 is 0 Å². The Labute approximate surface area is 533 Å². The van der Waals surface area contributed by atoms with Crippen molar-refractivity contribution in [3.05, 3.63) is 200 Å². The maximum atomic E-state index is 14.7. The van der Waals surface area contributed by atoms with Gasteiger partial charge in [-0.3, -0.25) is 14.6 Å². The summed E-state index contributed by atoms with van der Waals surface area (Å²) in [5.74, 6) is 1.67. The molecule has 1 amide bonds. The number of rotatable bonds is 16. The van der Waals surface area contributed by atoms with Crippen LogP contribution >= 0.6 is 0 Å². The summed E-state index contributed by atoms with van der Waals surface area (Å²) >= 11 is 0. The van der Waals surface area contributed by atoms with Gasteiger partial charge in [0.15, 0.2) is 23.1 Å². The number of likely N-dealkylation sites (tertiary alicyclic amines) is 2. The highest BCUT2D eigenvalue weighted by Gasteiger charge is 2.46. The molecule has 2 spiro atoms. The van der Waals surface area contributed by atoms with Gasteiger partial charge in [-0.2, -0.15) is 0 Å². The summed E-state index contributed by atoms with van der Waals surface area (Å²) in [7, 11) is 0. The van der Waals surface area contributed by atoms with E-state index in [-0.39, 0.29) is 46.9 Å². The molecule has 4 aliphatic heterocycles. The normalized spacial score (nSPS) is 19.6. The molecule has 6 aromatic carbocycles. The van der Waals surface area contributed by atoms with E-state index in [9.17, 15) is 33.1 Å². The highest BCUT2D eigenvalue weighted by Crippen LogP contribution is 2.51. The molecule has 2 saturated carbocycles. The van der Waals surface area contributed by atoms with Crippen LogP contribution in [0.1, 0.15) is 114 Å².